The number of nitrogens with zero attached hydrogens (tertiary/aromatic N) is 5. The largest absolute Gasteiger partial charge is 0.481 e. The molecule has 45 heavy (non-hydrogen) atoms. The number of hydrogen-bond acceptors (Lipinski definition) is 8. The van der Waals surface area contributed by atoms with Crippen LogP contribution in [-0.4, -0.2) is 89.1 Å². The van der Waals surface area contributed by atoms with E-state index in [1.54, 1.807) is 18.2 Å². The third-order valence-corrected chi connectivity index (χ3v) is 8.54. The number of carbonyl (C=O) groups excluding carboxylic acids is 1. The van der Waals surface area contributed by atoms with E-state index < -0.39 is 11.8 Å². The number of rotatable bonds is 11. The van der Waals surface area contributed by atoms with Gasteiger partial charge in [-0.05, 0) is 61.7 Å². The van der Waals surface area contributed by atoms with Crippen LogP contribution in [0.5, 0.6) is 11.6 Å². The van der Waals surface area contributed by atoms with Gasteiger partial charge in [-0.2, -0.15) is 0 Å². The molecule has 2 aromatic heterocycles. The van der Waals surface area contributed by atoms with Crippen molar-refractivity contribution in [2.24, 2.45) is 5.92 Å². The first-order chi connectivity index (χ1) is 21.6. The van der Waals surface area contributed by atoms with E-state index in [-0.39, 0.29) is 23.9 Å². The zero-order valence-electron chi connectivity index (χ0n) is 25.1. The number of pyridine rings is 2. The van der Waals surface area contributed by atoms with Crippen LogP contribution in [-0.2, 0) is 16.1 Å². The number of halogens is 3. The Morgan fingerprint density at radius 3 is 2.36 bits per heavy atom. The van der Waals surface area contributed by atoms with Crippen LogP contribution < -0.4 is 15.0 Å². The number of aromatic nitrogens is 2. The maximum atomic E-state index is 15.3. The van der Waals surface area contributed by atoms with Gasteiger partial charge in [-0.15, -0.1) is 0 Å². The Labute approximate surface area is 272 Å². The number of carboxylic acid groups (broad SMARTS) is 1. The molecule has 0 spiro atoms. The topological polar surface area (TPSA) is 111 Å². The Kier molecular flexibility index (Phi) is 11.1. The number of hydrogen-bond donors (Lipinski definition) is 2. The summed E-state index contributed by atoms with van der Waals surface area (Å²) in [6, 6.07) is 10.4. The summed E-state index contributed by atoms with van der Waals surface area (Å²) < 4.78 is 21.4. The lowest BCUT2D eigenvalue weighted by molar-refractivity contribution is -0.137. The quantitative estimate of drug-likeness (QED) is 0.283. The summed E-state index contributed by atoms with van der Waals surface area (Å²) in [4.78, 5) is 37.5. The maximum absolute atomic E-state index is 15.3. The highest BCUT2D eigenvalue weighted by Gasteiger charge is 2.23. The third kappa shape index (κ3) is 9.49. The summed E-state index contributed by atoms with van der Waals surface area (Å²) in [5.74, 6) is -0.145. The molecule has 13 heteroatoms. The second kappa shape index (κ2) is 15.2. The van der Waals surface area contributed by atoms with E-state index in [1.165, 1.54) is 19.2 Å². The lowest BCUT2D eigenvalue weighted by Crippen LogP contribution is -2.47. The number of piperazine rings is 1. The molecule has 1 aromatic carbocycles. The van der Waals surface area contributed by atoms with Gasteiger partial charge in [0.25, 0.3) is 0 Å². The Bertz CT molecular complexity index is 1490. The predicted molar refractivity (Wildman–Crippen MR) is 172 cm³/mol. The highest BCUT2D eigenvalue weighted by atomic mass is 35.5. The van der Waals surface area contributed by atoms with Crippen molar-refractivity contribution in [2.45, 2.75) is 32.7 Å². The van der Waals surface area contributed by atoms with E-state index in [1.807, 2.05) is 17.0 Å². The number of anilines is 1. The summed E-state index contributed by atoms with van der Waals surface area (Å²) in [6.45, 7) is 7.51. The molecule has 2 aliphatic heterocycles. The van der Waals surface area contributed by atoms with E-state index in [4.69, 9.17) is 38.0 Å². The molecule has 2 saturated heterocycles. The first kappa shape index (κ1) is 32.9. The summed E-state index contributed by atoms with van der Waals surface area (Å²) in [6.07, 6.45) is 3.54. The fourth-order valence-electron chi connectivity index (χ4n) is 5.71. The third-order valence-electron chi connectivity index (χ3n) is 8.11. The molecule has 2 aliphatic rings. The van der Waals surface area contributed by atoms with Gasteiger partial charge in [-0.3, -0.25) is 19.4 Å². The van der Waals surface area contributed by atoms with E-state index in [0.29, 0.717) is 73.4 Å². The Hall–Kier alpha value is -3.51. The zero-order chi connectivity index (χ0) is 31.9. The van der Waals surface area contributed by atoms with Crippen molar-refractivity contribution in [1.29, 1.82) is 0 Å². The van der Waals surface area contributed by atoms with Crippen molar-refractivity contribution in [2.75, 3.05) is 57.3 Å². The van der Waals surface area contributed by atoms with Crippen molar-refractivity contribution < 1.29 is 23.8 Å². The number of piperidine rings is 1. The molecule has 0 bridgehead atoms. The summed E-state index contributed by atoms with van der Waals surface area (Å²) in [5.41, 5.74) is 2.32. The molecule has 2 fully saturated rings. The van der Waals surface area contributed by atoms with E-state index >= 15 is 4.39 Å². The molecule has 5 rings (SSSR count). The number of benzene rings is 1. The average Bonchev–Trinajstić information content (AvgIpc) is 2.99. The molecular formula is C32H37Cl2FN6O4. The minimum Gasteiger partial charge on any atom is -0.481 e. The van der Waals surface area contributed by atoms with Gasteiger partial charge in [0, 0.05) is 80.5 Å². The van der Waals surface area contributed by atoms with Gasteiger partial charge in [-0.25, -0.2) is 14.4 Å². The summed E-state index contributed by atoms with van der Waals surface area (Å²) in [7, 11) is 0. The maximum Gasteiger partial charge on any atom is 0.304 e. The van der Waals surface area contributed by atoms with Crippen molar-refractivity contribution in [1.82, 2.24) is 25.1 Å². The molecule has 240 valence electrons. The van der Waals surface area contributed by atoms with Crippen molar-refractivity contribution in [3.05, 3.63) is 64.0 Å². The summed E-state index contributed by atoms with van der Waals surface area (Å²) in [5, 5.41) is 12.8. The SMILES string of the molecule is CC(=O)NCC1CCN(Cc2cc(Oc3cnc(N4CCN(CCC(=O)O)CC4)c(F)c3)nc(-c3cc(Cl)cc(Cl)c3)c2)CC1. The number of nitrogens with one attached hydrogen (secondary N) is 1. The molecule has 2 N–H and O–H groups in total. The van der Waals surface area contributed by atoms with Gasteiger partial charge in [0.1, 0.15) is 0 Å². The zero-order valence-corrected chi connectivity index (χ0v) is 26.7. The van der Waals surface area contributed by atoms with Gasteiger partial charge in [0.2, 0.25) is 11.8 Å². The van der Waals surface area contributed by atoms with Gasteiger partial charge >= 0.3 is 5.97 Å². The molecule has 0 atom stereocenters. The minimum atomic E-state index is -0.830. The van der Waals surface area contributed by atoms with Gasteiger partial charge in [0.15, 0.2) is 17.4 Å². The van der Waals surface area contributed by atoms with E-state index in [9.17, 15) is 9.59 Å². The van der Waals surface area contributed by atoms with Crippen LogP contribution in [0.15, 0.2) is 42.6 Å². The number of amides is 1. The van der Waals surface area contributed by atoms with Crippen LogP contribution in [0.25, 0.3) is 11.3 Å². The Balaban J connectivity index is 1.30. The first-order valence-electron chi connectivity index (χ1n) is 15.1. The van der Waals surface area contributed by atoms with Gasteiger partial charge < -0.3 is 20.1 Å². The Morgan fingerprint density at radius 2 is 1.71 bits per heavy atom. The normalized spacial score (nSPS) is 16.5. The number of ether oxygens (including phenoxy) is 1. The number of carbonyl (C=O) groups is 2. The van der Waals surface area contributed by atoms with Crippen LogP contribution in [0, 0.1) is 11.7 Å². The van der Waals surface area contributed by atoms with Crippen LogP contribution in [0.1, 0.15) is 31.7 Å². The van der Waals surface area contributed by atoms with Crippen LogP contribution in [0.4, 0.5) is 10.2 Å². The van der Waals surface area contributed by atoms with Crippen molar-refractivity contribution in [3.8, 4) is 22.9 Å². The minimum absolute atomic E-state index is 0.00656. The molecule has 3 aromatic rings. The molecule has 4 heterocycles. The first-order valence-corrected chi connectivity index (χ1v) is 15.8. The molecule has 0 saturated carbocycles. The van der Waals surface area contributed by atoms with Crippen LogP contribution in [0.2, 0.25) is 10.0 Å². The fourth-order valence-corrected chi connectivity index (χ4v) is 6.23. The van der Waals surface area contributed by atoms with Crippen LogP contribution in [0.3, 0.4) is 0 Å². The van der Waals surface area contributed by atoms with Gasteiger partial charge in [-0.1, -0.05) is 23.2 Å². The smallest absolute Gasteiger partial charge is 0.304 e. The number of likely N-dealkylation sites (tertiary alicyclic amines) is 1. The molecule has 0 aliphatic carbocycles. The second-order valence-corrected chi connectivity index (χ2v) is 12.4. The molecule has 1 amide bonds. The van der Waals surface area contributed by atoms with E-state index in [0.717, 1.165) is 37.1 Å². The summed E-state index contributed by atoms with van der Waals surface area (Å²) >= 11 is 12.6. The Morgan fingerprint density at radius 1 is 1.00 bits per heavy atom. The van der Waals surface area contributed by atoms with Crippen LogP contribution >= 0.6 is 23.2 Å². The van der Waals surface area contributed by atoms with Crippen molar-refractivity contribution >= 4 is 40.9 Å². The molecule has 10 nitrogen and oxygen atoms in total. The highest BCUT2D eigenvalue weighted by Crippen LogP contribution is 2.32. The lowest BCUT2D eigenvalue weighted by Gasteiger charge is -2.35. The van der Waals surface area contributed by atoms with Gasteiger partial charge in [0.05, 0.1) is 18.3 Å². The second-order valence-electron chi connectivity index (χ2n) is 11.6. The van der Waals surface area contributed by atoms with Crippen molar-refractivity contribution in [3.63, 3.8) is 0 Å². The number of aliphatic carboxylic acids is 1. The highest BCUT2D eigenvalue weighted by molar-refractivity contribution is 6.35. The monoisotopic (exact) mass is 658 g/mol. The fraction of sp³-hybridized carbons (Fsp3) is 0.438. The molecule has 0 unspecified atom stereocenters. The predicted octanol–water partition coefficient (Wildman–Crippen LogP) is 5.33. The molecular weight excluding hydrogens is 622 g/mol. The lowest BCUT2D eigenvalue weighted by atomic mass is 9.96. The number of carboxylic acids is 1. The van der Waals surface area contributed by atoms with E-state index in [2.05, 4.69) is 20.1 Å². The molecule has 0 radical (unpaired) electrons. The standard InChI is InChI=1S/C32H37Cl2FN6O4/c1-21(42)36-18-22-2-5-40(6-3-22)20-23-12-29(24-14-25(33)16-26(34)15-24)38-30(13-23)45-27-17-28(35)32(37-19-27)41-10-8-39(9-11-41)7-4-31(43)44/h12-17,19,22H,2-11,18,20H2,1H3,(H,36,42)(H,43,44). The average molecular weight is 660 g/mol.